The third-order valence-corrected chi connectivity index (χ3v) is 4.46. The van der Waals surface area contributed by atoms with Crippen molar-refractivity contribution in [3.63, 3.8) is 0 Å². The Hall–Kier alpha value is -1.95. The molecule has 2 aliphatic heterocycles. The first-order chi connectivity index (χ1) is 10.2. The molecule has 2 fully saturated rings. The summed E-state index contributed by atoms with van der Waals surface area (Å²) in [6.07, 6.45) is 1.91. The van der Waals surface area contributed by atoms with Gasteiger partial charge in [0.15, 0.2) is 11.5 Å². The molecule has 6 nitrogen and oxygen atoms in total. The summed E-state index contributed by atoms with van der Waals surface area (Å²) in [5, 5.41) is 2.93. The van der Waals surface area contributed by atoms with Crippen LogP contribution in [0.5, 0.6) is 11.5 Å². The minimum atomic E-state index is -0.398. The molecule has 0 spiro atoms. The molecule has 0 radical (unpaired) electrons. The number of alkyl carbamates (subject to hydrolysis) is 1. The third kappa shape index (κ3) is 2.29. The van der Waals surface area contributed by atoms with Crippen LogP contribution in [0.25, 0.3) is 0 Å². The van der Waals surface area contributed by atoms with Crippen molar-refractivity contribution in [3.8, 4) is 11.5 Å². The molecule has 1 N–H and O–H groups in total. The summed E-state index contributed by atoms with van der Waals surface area (Å²) in [4.78, 5) is 11.5. The average molecular weight is 291 g/mol. The number of ether oxygens (including phenoxy) is 4. The van der Waals surface area contributed by atoms with E-state index >= 15 is 0 Å². The summed E-state index contributed by atoms with van der Waals surface area (Å²) in [6.45, 7) is 0.265. The van der Waals surface area contributed by atoms with Gasteiger partial charge in [-0.3, -0.25) is 0 Å². The fourth-order valence-electron chi connectivity index (χ4n) is 3.30. The molecule has 1 aromatic rings. The van der Waals surface area contributed by atoms with E-state index in [2.05, 4.69) is 5.32 Å². The van der Waals surface area contributed by atoms with Crippen molar-refractivity contribution in [3.05, 3.63) is 23.8 Å². The highest BCUT2D eigenvalue weighted by Crippen LogP contribution is 2.45. The summed E-state index contributed by atoms with van der Waals surface area (Å²) in [7, 11) is 1.38. The number of carbonyl (C=O) groups is 1. The molecule has 21 heavy (non-hydrogen) atoms. The highest BCUT2D eigenvalue weighted by atomic mass is 16.7. The summed E-state index contributed by atoms with van der Waals surface area (Å²) >= 11 is 0. The van der Waals surface area contributed by atoms with Crippen LogP contribution in [-0.2, 0) is 9.47 Å². The Balaban J connectivity index is 1.59. The molecular weight excluding hydrogens is 274 g/mol. The second kappa shape index (κ2) is 4.80. The molecule has 4 rings (SSSR count). The Kier molecular flexibility index (Phi) is 2.92. The number of amides is 1. The molecular formula is C15H17NO5. The van der Waals surface area contributed by atoms with Crippen LogP contribution in [0.3, 0.4) is 0 Å². The topological polar surface area (TPSA) is 69.3 Å². The standard InChI is InChI=1S/C15H17NO5/c1-18-15(17)16-10-6-14-13(21-14)5-9(10)8-2-3-11-12(4-8)20-7-19-11/h2-4,9-10,13-14H,5-7H2,1H3,(H,16,17)/t9-,10+,13-,14+/m1/s1. The fraction of sp³-hybridized carbons (Fsp3) is 0.533. The zero-order valence-corrected chi connectivity index (χ0v) is 11.7. The quantitative estimate of drug-likeness (QED) is 0.841. The predicted molar refractivity (Wildman–Crippen MR) is 72.5 cm³/mol. The summed E-state index contributed by atoms with van der Waals surface area (Å²) in [5.41, 5.74) is 1.13. The minimum Gasteiger partial charge on any atom is -0.454 e. The van der Waals surface area contributed by atoms with Gasteiger partial charge in [-0.05, 0) is 30.5 Å². The molecule has 1 saturated carbocycles. The number of rotatable bonds is 2. The molecule has 2 heterocycles. The van der Waals surface area contributed by atoms with E-state index < -0.39 is 6.09 Å². The van der Waals surface area contributed by atoms with E-state index in [1.165, 1.54) is 7.11 Å². The van der Waals surface area contributed by atoms with Gasteiger partial charge in [0.1, 0.15) is 0 Å². The van der Waals surface area contributed by atoms with E-state index in [1.807, 2.05) is 18.2 Å². The van der Waals surface area contributed by atoms with Gasteiger partial charge in [0.05, 0.1) is 19.3 Å². The summed E-state index contributed by atoms with van der Waals surface area (Å²) in [6, 6.07) is 5.97. The van der Waals surface area contributed by atoms with Crippen molar-refractivity contribution < 1.29 is 23.7 Å². The second-order valence-electron chi connectivity index (χ2n) is 5.65. The van der Waals surface area contributed by atoms with Crippen molar-refractivity contribution in [2.45, 2.75) is 37.0 Å². The van der Waals surface area contributed by atoms with Gasteiger partial charge >= 0.3 is 6.09 Å². The number of methoxy groups -OCH3 is 1. The van der Waals surface area contributed by atoms with E-state index in [0.717, 1.165) is 29.9 Å². The Bertz CT molecular complexity index is 575. The number of nitrogens with one attached hydrogen (secondary N) is 1. The number of hydrogen-bond acceptors (Lipinski definition) is 5. The smallest absolute Gasteiger partial charge is 0.407 e. The van der Waals surface area contributed by atoms with E-state index in [4.69, 9.17) is 18.9 Å². The van der Waals surface area contributed by atoms with Crippen LogP contribution in [0, 0.1) is 0 Å². The molecule has 4 atom stereocenters. The normalized spacial score (nSPS) is 32.2. The van der Waals surface area contributed by atoms with Crippen LogP contribution in [-0.4, -0.2) is 38.2 Å². The lowest BCUT2D eigenvalue weighted by atomic mass is 9.80. The van der Waals surface area contributed by atoms with Crippen LogP contribution in [0.2, 0.25) is 0 Å². The zero-order valence-electron chi connectivity index (χ0n) is 11.7. The van der Waals surface area contributed by atoms with Crippen LogP contribution >= 0.6 is 0 Å². The highest BCUT2D eigenvalue weighted by molar-refractivity contribution is 5.67. The molecule has 6 heteroatoms. The summed E-state index contributed by atoms with van der Waals surface area (Å²) < 4.78 is 21.1. The predicted octanol–water partition coefficient (Wildman–Crippen LogP) is 1.78. The van der Waals surface area contributed by atoms with Crippen LogP contribution in [0.4, 0.5) is 4.79 Å². The van der Waals surface area contributed by atoms with Gasteiger partial charge in [0, 0.05) is 12.0 Å². The Morgan fingerprint density at radius 2 is 2.05 bits per heavy atom. The molecule has 1 saturated heterocycles. The van der Waals surface area contributed by atoms with Crippen molar-refractivity contribution in [2.24, 2.45) is 0 Å². The van der Waals surface area contributed by atoms with Gasteiger partial charge in [0.25, 0.3) is 0 Å². The van der Waals surface area contributed by atoms with Crippen LogP contribution in [0.1, 0.15) is 24.3 Å². The largest absolute Gasteiger partial charge is 0.454 e. The first kappa shape index (κ1) is 12.8. The number of epoxide rings is 1. The molecule has 3 aliphatic rings. The van der Waals surface area contributed by atoms with Gasteiger partial charge < -0.3 is 24.3 Å². The van der Waals surface area contributed by atoms with Crippen molar-refractivity contribution in [1.82, 2.24) is 5.32 Å². The van der Waals surface area contributed by atoms with Gasteiger partial charge in [-0.15, -0.1) is 0 Å². The first-order valence-corrected chi connectivity index (χ1v) is 7.14. The lowest BCUT2D eigenvalue weighted by Gasteiger charge is -2.30. The monoisotopic (exact) mass is 291 g/mol. The number of carbonyl (C=O) groups excluding carboxylic acids is 1. The third-order valence-electron chi connectivity index (χ3n) is 4.46. The SMILES string of the molecule is COC(=O)N[C@H]1C[C@@H]2O[C@@H]2C[C@@H]1c1ccc2c(c1)OCO2. The lowest BCUT2D eigenvalue weighted by molar-refractivity contribution is 0.162. The molecule has 0 bridgehead atoms. The maximum atomic E-state index is 11.5. The Labute approximate surface area is 122 Å². The first-order valence-electron chi connectivity index (χ1n) is 7.14. The number of fused-ring (bicyclic) bond motifs is 2. The maximum absolute atomic E-state index is 11.5. The fourth-order valence-corrected chi connectivity index (χ4v) is 3.30. The highest BCUT2D eigenvalue weighted by Gasteiger charge is 2.49. The van der Waals surface area contributed by atoms with Crippen LogP contribution < -0.4 is 14.8 Å². The van der Waals surface area contributed by atoms with Gasteiger partial charge in [-0.2, -0.15) is 0 Å². The minimum absolute atomic E-state index is 0.0153. The summed E-state index contributed by atoms with van der Waals surface area (Å²) in [5.74, 6) is 1.73. The van der Waals surface area contributed by atoms with Crippen molar-refractivity contribution >= 4 is 6.09 Å². The Morgan fingerprint density at radius 1 is 1.24 bits per heavy atom. The molecule has 0 unspecified atom stereocenters. The molecule has 112 valence electrons. The van der Waals surface area contributed by atoms with E-state index in [9.17, 15) is 4.79 Å². The lowest BCUT2D eigenvalue weighted by Crippen LogP contribution is -2.42. The van der Waals surface area contributed by atoms with Gasteiger partial charge in [-0.25, -0.2) is 4.79 Å². The second-order valence-corrected chi connectivity index (χ2v) is 5.65. The molecule has 1 amide bonds. The van der Waals surface area contributed by atoms with Crippen LogP contribution in [0.15, 0.2) is 18.2 Å². The van der Waals surface area contributed by atoms with Crippen molar-refractivity contribution in [1.29, 1.82) is 0 Å². The van der Waals surface area contributed by atoms with E-state index in [1.54, 1.807) is 0 Å². The zero-order chi connectivity index (χ0) is 14.4. The van der Waals surface area contributed by atoms with Crippen molar-refractivity contribution in [2.75, 3.05) is 13.9 Å². The number of hydrogen-bond donors (Lipinski definition) is 1. The van der Waals surface area contributed by atoms with Gasteiger partial charge in [-0.1, -0.05) is 6.07 Å². The molecule has 1 aromatic carbocycles. The molecule has 1 aliphatic carbocycles. The van der Waals surface area contributed by atoms with E-state index in [-0.39, 0.29) is 24.9 Å². The number of benzene rings is 1. The van der Waals surface area contributed by atoms with Gasteiger partial charge in [0.2, 0.25) is 6.79 Å². The maximum Gasteiger partial charge on any atom is 0.407 e. The molecule has 0 aromatic heterocycles. The van der Waals surface area contributed by atoms with E-state index in [0.29, 0.717) is 6.10 Å². The Morgan fingerprint density at radius 3 is 2.90 bits per heavy atom. The average Bonchev–Trinajstić information content (AvgIpc) is 3.10.